The average molecular weight is 239 g/mol. The molecule has 2 rings (SSSR count). The van der Waals surface area contributed by atoms with Crippen LogP contribution in [-0.2, 0) is 7.05 Å². The zero-order valence-corrected chi connectivity index (χ0v) is 11.0. The molecule has 0 saturated carbocycles. The van der Waals surface area contributed by atoms with Gasteiger partial charge < -0.3 is 5.32 Å². The summed E-state index contributed by atoms with van der Waals surface area (Å²) in [7, 11) is 1.97. The molecule has 1 atom stereocenters. The maximum atomic E-state index is 4.21. The highest BCUT2D eigenvalue weighted by Gasteiger charge is 2.15. The number of aryl methyl sites for hydroxylation is 1. The van der Waals surface area contributed by atoms with Crippen molar-refractivity contribution in [2.45, 2.75) is 25.8 Å². The standard InChI is InChI=1S/C12H21N3S/c1-10(12-8-14-15(2)9-12)13-7-11-3-5-16-6-4-11/h8-11,13H,3-7H2,1-2H3. The lowest BCUT2D eigenvalue weighted by Crippen LogP contribution is -2.27. The molecule has 0 radical (unpaired) electrons. The molecule has 4 heteroatoms. The molecule has 1 aliphatic rings. The molecule has 0 aliphatic carbocycles. The maximum absolute atomic E-state index is 4.21. The second kappa shape index (κ2) is 5.73. The Morgan fingerprint density at radius 1 is 1.56 bits per heavy atom. The minimum atomic E-state index is 0.420. The molecule has 1 saturated heterocycles. The lowest BCUT2D eigenvalue weighted by Gasteiger charge is -2.23. The van der Waals surface area contributed by atoms with E-state index in [4.69, 9.17) is 0 Å². The Labute approximate surface area is 102 Å². The van der Waals surface area contributed by atoms with Crippen molar-refractivity contribution in [3.8, 4) is 0 Å². The Morgan fingerprint density at radius 3 is 2.94 bits per heavy atom. The monoisotopic (exact) mass is 239 g/mol. The van der Waals surface area contributed by atoms with E-state index in [0.29, 0.717) is 6.04 Å². The fourth-order valence-corrected chi connectivity index (χ4v) is 3.28. The van der Waals surface area contributed by atoms with Crippen LogP contribution in [0.25, 0.3) is 0 Å². The summed E-state index contributed by atoms with van der Waals surface area (Å²) in [5, 5.41) is 7.83. The second-order valence-electron chi connectivity index (χ2n) is 4.63. The molecular weight excluding hydrogens is 218 g/mol. The fraction of sp³-hybridized carbons (Fsp3) is 0.750. The molecule has 1 unspecified atom stereocenters. The second-order valence-corrected chi connectivity index (χ2v) is 5.86. The molecule has 0 amide bonds. The van der Waals surface area contributed by atoms with Crippen LogP contribution in [0.3, 0.4) is 0 Å². The van der Waals surface area contributed by atoms with Gasteiger partial charge in [0.15, 0.2) is 0 Å². The minimum Gasteiger partial charge on any atom is -0.310 e. The molecule has 1 N–H and O–H groups in total. The van der Waals surface area contributed by atoms with E-state index in [1.165, 1.54) is 29.9 Å². The molecule has 2 heterocycles. The van der Waals surface area contributed by atoms with E-state index in [2.05, 4.69) is 35.3 Å². The van der Waals surface area contributed by atoms with Gasteiger partial charge in [-0.2, -0.15) is 16.9 Å². The van der Waals surface area contributed by atoms with Crippen LogP contribution < -0.4 is 5.32 Å². The van der Waals surface area contributed by atoms with Crippen LogP contribution in [0.15, 0.2) is 12.4 Å². The number of nitrogens with zero attached hydrogens (tertiary/aromatic N) is 2. The minimum absolute atomic E-state index is 0.420. The highest BCUT2D eigenvalue weighted by molar-refractivity contribution is 7.99. The zero-order valence-electron chi connectivity index (χ0n) is 10.1. The molecule has 0 bridgehead atoms. The number of hydrogen-bond donors (Lipinski definition) is 1. The summed E-state index contributed by atoms with van der Waals surface area (Å²) in [6.07, 6.45) is 6.79. The molecule has 3 nitrogen and oxygen atoms in total. The van der Waals surface area contributed by atoms with Gasteiger partial charge in [0, 0.05) is 24.8 Å². The summed E-state index contributed by atoms with van der Waals surface area (Å²) >= 11 is 2.09. The predicted octanol–water partition coefficient (Wildman–Crippen LogP) is 2.21. The molecule has 1 aromatic heterocycles. The van der Waals surface area contributed by atoms with Crippen molar-refractivity contribution in [1.29, 1.82) is 0 Å². The third-order valence-electron chi connectivity index (χ3n) is 3.28. The number of nitrogens with one attached hydrogen (secondary N) is 1. The number of rotatable bonds is 4. The zero-order chi connectivity index (χ0) is 11.4. The Balaban J connectivity index is 1.76. The van der Waals surface area contributed by atoms with Crippen LogP contribution >= 0.6 is 11.8 Å². The first-order chi connectivity index (χ1) is 7.75. The smallest absolute Gasteiger partial charge is 0.0537 e. The van der Waals surface area contributed by atoms with Crippen LogP contribution in [0.5, 0.6) is 0 Å². The van der Waals surface area contributed by atoms with Gasteiger partial charge in [0.05, 0.1) is 6.20 Å². The molecule has 0 spiro atoms. The molecule has 1 fully saturated rings. The Kier molecular flexibility index (Phi) is 4.29. The van der Waals surface area contributed by atoms with Crippen LogP contribution in [0.2, 0.25) is 0 Å². The average Bonchev–Trinajstić information content (AvgIpc) is 2.74. The Bertz CT molecular complexity index is 318. The van der Waals surface area contributed by atoms with Crippen molar-refractivity contribution >= 4 is 11.8 Å². The number of thioether (sulfide) groups is 1. The van der Waals surface area contributed by atoms with E-state index in [0.717, 1.165) is 12.5 Å². The first kappa shape index (κ1) is 12.0. The van der Waals surface area contributed by atoms with Crippen molar-refractivity contribution < 1.29 is 0 Å². The van der Waals surface area contributed by atoms with Crippen molar-refractivity contribution in [2.24, 2.45) is 13.0 Å². The van der Waals surface area contributed by atoms with E-state index in [9.17, 15) is 0 Å². The summed E-state index contributed by atoms with van der Waals surface area (Å²) in [4.78, 5) is 0. The van der Waals surface area contributed by atoms with Crippen LogP contribution in [0.1, 0.15) is 31.4 Å². The SMILES string of the molecule is CC(NCC1CCSCC1)c1cnn(C)c1. The van der Waals surface area contributed by atoms with E-state index in [1.54, 1.807) is 0 Å². The van der Waals surface area contributed by atoms with Gasteiger partial charge in [-0.15, -0.1) is 0 Å². The summed E-state index contributed by atoms with van der Waals surface area (Å²) in [5.41, 5.74) is 1.28. The van der Waals surface area contributed by atoms with Gasteiger partial charge in [-0.3, -0.25) is 4.68 Å². The maximum Gasteiger partial charge on any atom is 0.0537 e. The fourth-order valence-electron chi connectivity index (χ4n) is 2.08. The van der Waals surface area contributed by atoms with Gasteiger partial charge in [0.25, 0.3) is 0 Å². The first-order valence-corrected chi connectivity index (χ1v) is 7.21. The quantitative estimate of drug-likeness (QED) is 0.873. The van der Waals surface area contributed by atoms with Crippen molar-refractivity contribution in [3.05, 3.63) is 18.0 Å². The van der Waals surface area contributed by atoms with Crippen molar-refractivity contribution in [1.82, 2.24) is 15.1 Å². The molecule has 1 aromatic rings. The van der Waals surface area contributed by atoms with Gasteiger partial charge in [-0.05, 0) is 43.7 Å². The Hall–Kier alpha value is -0.480. The summed E-state index contributed by atoms with van der Waals surface area (Å²) in [6.45, 7) is 3.37. The van der Waals surface area contributed by atoms with Gasteiger partial charge in [-0.1, -0.05) is 0 Å². The van der Waals surface area contributed by atoms with Gasteiger partial charge in [0.1, 0.15) is 0 Å². The first-order valence-electron chi connectivity index (χ1n) is 6.05. The topological polar surface area (TPSA) is 29.9 Å². The lowest BCUT2D eigenvalue weighted by atomic mass is 10.0. The summed E-state index contributed by atoms with van der Waals surface area (Å²) in [6, 6.07) is 0.420. The largest absolute Gasteiger partial charge is 0.310 e. The van der Waals surface area contributed by atoms with Crippen LogP contribution in [0.4, 0.5) is 0 Å². The van der Waals surface area contributed by atoms with Gasteiger partial charge in [-0.25, -0.2) is 0 Å². The molecule has 1 aliphatic heterocycles. The highest BCUT2D eigenvalue weighted by atomic mass is 32.2. The summed E-state index contributed by atoms with van der Waals surface area (Å²) < 4.78 is 1.87. The molecular formula is C12H21N3S. The molecule has 0 aromatic carbocycles. The highest BCUT2D eigenvalue weighted by Crippen LogP contribution is 2.22. The Morgan fingerprint density at radius 2 is 2.31 bits per heavy atom. The van der Waals surface area contributed by atoms with E-state index < -0.39 is 0 Å². The normalized spacial score (nSPS) is 19.9. The van der Waals surface area contributed by atoms with E-state index in [-0.39, 0.29) is 0 Å². The lowest BCUT2D eigenvalue weighted by molar-refractivity contribution is 0.421. The van der Waals surface area contributed by atoms with Crippen molar-refractivity contribution in [3.63, 3.8) is 0 Å². The van der Waals surface area contributed by atoms with Crippen molar-refractivity contribution in [2.75, 3.05) is 18.1 Å². The van der Waals surface area contributed by atoms with Crippen LogP contribution in [0, 0.1) is 5.92 Å². The van der Waals surface area contributed by atoms with Gasteiger partial charge in [0.2, 0.25) is 0 Å². The predicted molar refractivity (Wildman–Crippen MR) is 69.7 cm³/mol. The summed E-state index contributed by atoms with van der Waals surface area (Å²) in [5.74, 6) is 3.56. The number of hydrogen-bond acceptors (Lipinski definition) is 3. The van der Waals surface area contributed by atoms with E-state index >= 15 is 0 Å². The number of aromatic nitrogens is 2. The van der Waals surface area contributed by atoms with Gasteiger partial charge >= 0.3 is 0 Å². The third kappa shape index (κ3) is 3.25. The molecule has 16 heavy (non-hydrogen) atoms. The third-order valence-corrected chi connectivity index (χ3v) is 4.33. The van der Waals surface area contributed by atoms with Crippen LogP contribution in [-0.4, -0.2) is 27.8 Å². The van der Waals surface area contributed by atoms with E-state index in [1.807, 2.05) is 17.9 Å². The molecule has 90 valence electrons.